The lowest BCUT2D eigenvalue weighted by atomic mass is 9.92. The summed E-state index contributed by atoms with van der Waals surface area (Å²) >= 11 is 0. The van der Waals surface area contributed by atoms with Gasteiger partial charge in [-0.15, -0.1) is 0 Å². The van der Waals surface area contributed by atoms with E-state index in [-0.39, 0.29) is 11.9 Å². The number of aromatic nitrogens is 2. The Balaban J connectivity index is 1.63. The third kappa shape index (κ3) is 3.03. The van der Waals surface area contributed by atoms with Crippen LogP contribution >= 0.6 is 0 Å². The fourth-order valence-corrected chi connectivity index (χ4v) is 4.43. The van der Waals surface area contributed by atoms with E-state index in [9.17, 15) is 4.79 Å². The van der Waals surface area contributed by atoms with Crippen molar-refractivity contribution in [3.05, 3.63) is 95.4 Å². The van der Waals surface area contributed by atoms with Crippen molar-refractivity contribution in [3.63, 3.8) is 0 Å². The monoisotopic (exact) mass is 396 g/mol. The van der Waals surface area contributed by atoms with Gasteiger partial charge in [-0.2, -0.15) is 0 Å². The van der Waals surface area contributed by atoms with E-state index in [0.717, 1.165) is 28.9 Å². The van der Waals surface area contributed by atoms with Gasteiger partial charge in [0, 0.05) is 60.9 Å². The first-order valence-corrected chi connectivity index (χ1v) is 10.2. The molecule has 5 rings (SSSR count). The van der Waals surface area contributed by atoms with Crippen LogP contribution in [0.5, 0.6) is 0 Å². The average Bonchev–Trinajstić information content (AvgIpc) is 3.17. The molecule has 1 atom stereocenters. The first-order valence-electron chi connectivity index (χ1n) is 10.2. The van der Waals surface area contributed by atoms with Crippen LogP contribution in [0.15, 0.2) is 73.1 Å². The predicted octanol–water partition coefficient (Wildman–Crippen LogP) is 4.42. The lowest BCUT2D eigenvalue weighted by Crippen LogP contribution is -2.40. The van der Waals surface area contributed by atoms with Crippen LogP contribution in [0.3, 0.4) is 0 Å². The summed E-state index contributed by atoms with van der Waals surface area (Å²) in [5.41, 5.74) is 6.23. The highest BCUT2D eigenvalue weighted by Crippen LogP contribution is 2.39. The summed E-state index contributed by atoms with van der Waals surface area (Å²) in [6.07, 6.45) is 4.46. The molecule has 30 heavy (non-hydrogen) atoms. The molecule has 1 aliphatic rings. The Kier molecular flexibility index (Phi) is 4.51. The largest absolute Gasteiger partial charge is 0.378 e. The Morgan fingerprint density at radius 2 is 1.97 bits per heavy atom. The molecule has 0 radical (unpaired) electrons. The Hall–Kier alpha value is -3.60. The Labute approximate surface area is 176 Å². The summed E-state index contributed by atoms with van der Waals surface area (Å²) in [5.74, 6) is 0.0388. The number of benzene rings is 2. The van der Waals surface area contributed by atoms with Crippen LogP contribution in [0.25, 0.3) is 10.9 Å². The number of para-hydroxylation sites is 1. The molecule has 0 saturated carbocycles. The molecular weight excluding hydrogens is 372 g/mol. The number of carbonyl (C=O) groups excluding carboxylic acids is 1. The first kappa shape index (κ1) is 18.4. The van der Waals surface area contributed by atoms with Crippen molar-refractivity contribution in [2.75, 3.05) is 25.5 Å². The van der Waals surface area contributed by atoms with Gasteiger partial charge in [0.25, 0.3) is 5.91 Å². The first-order chi connectivity index (χ1) is 14.6. The van der Waals surface area contributed by atoms with Gasteiger partial charge in [-0.05, 0) is 47.9 Å². The fourth-order valence-electron chi connectivity index (χ4n) is 4.43. The molecule has 1 N–H and O–H groups in total. The number of nitrogens with zero attached hydrogens (tertiary/aromatic N) is 3. The number of hydrogen-bond donors (Lipinski definition) is 1. The minimum atomic E-state index is -0.189. The van der Waals surface area contributed by atoms with Gasteiger partial charge in [-0.25, -0.2) is 0 Å². The summed E-state index contributed by atoms with van der Waals surface area (Å²) in [7, 11) is 3.97. The number of rotatable bonds is 3. The van der Waals surface area contributed by atoms with Gasteiger partial charge in [-0.1, -0.05) is 30.3 Å². The van der Waals surface area contributed by atoms with Gasteiger partial charge in [0.15, 0.2) is 0 Å². The van der Waals surface area contributed by atoms with E-state index < -0.39 is 0 Å². The summed E-state index contributed by atoms with van der Waals surface area (Å²) in [5, 5.41) is 1.24. The zero-order valence-electron chi connectivity index (χ0n) is 17.2. The number of H-pyrrole nitrogens is 1. The quantitative estimate of drug-likeness (QED) is 0.558. The van der Waals surface area contributed by atoms with Crippen LogP contribution in [0.2, 0.25) is 0 Å². The van der Waals surface area contributed by atoms with E-state index in [4.69, 9.17) is 0 Å². The van der Waals surface area contributed by atoms with Gasteiger partial charge in [0.1, 0.15) is 0 Å². The molecule has 1 aliphatic heterocycles. The highest BCUT2D eigenvalue weighted by Gasteiger charge is 2.35. The van der Waals surface area contributed by atoms with Crippen LogP contribution < -0.4 is 4.90 Å². The van der Waals surface area contributed by atoms with Crippen LogP contribution in [0, 0.1) is 0 Å². The summed E-state index contributed by atoms with van der Waals surface area (Å²) in [6, 6.07) is 20.0. The minimum absolute atomic E-state index is 0.0388. The van der Waals surface area contributed by atoms with E-state index in [1.54, 1.807) is 6.20 Å². The van der Waals surface area contributed by atoms with Gasteiger partial charge in [0.2, 0.25) is 0 Å². The molecule has 0 spiro atoms. The van der Waals surface area contributed by atoms with Crippen LogP contribution in [0.1, 0.15) is 33.2 Å². The minimum Gasteiger partial charge on any atom is -0.378 e. The average molecular weight is 396 g/mol. The molecule has 4 aromatic rings. The zero-order chi connectivity index (χ0) is 20.7. The lowest BCUT2D eigenvalue weighted by Gasteiger charge is -2.36. The van der Waals surface area contributed by atoms with Crippen molar-refractivity contribution in [1.29, 1.82) is 0 Å². The highest BCUT2D eigenvalue weighted by atomic mass is 16.2. The molecule has 0 saturated heterocycles. The molecule has 0 aliphatic carbocycles. The van der Waals surface area contributed by atoms with Gasteiger partial charge in [-0.3, -0.25) is 9.78 Å². The summed E-state index contributed by atoms with van der Waals surface area (Å²) in [6.45, 7) is 0.666. The van der Waals surface area contributed by atoms with Crippen molar-refractivity contribution in [3.8, 4) is 0 Å². The number of nitrogens with one attached hydrogen (secondary N) is 1. The lowest BCUT2D eigenvalue weighted by molar-refractivity contribution is 0.0692. The number of pyridine rings is 1. The van der Waals surface area contributed by atoms with Gasteiger partial charge < -0.3 is 14.8 Å². The van der Waals surface area contributed by atoms with Crippen molar-refractivity contribution in [1.82, 2.24) is 14.9 Å². The summed E-state index contributed by atoms with van der Waals surface area (Å²) in [4.78, 5) is 25.6. The Morgan fingerprint density at radius 1 is 1.10 bits per heavy atom. The molecule has 2 aromatic heterocycles. The van der Waals surface area contributed by atoms with Crippen LogP contribution in [-0.2, 0) is 6.42 Å². The zero-order valence-corrected chi connectivity index (χ0v) is 17.2. The molecular formula is C25H24N4O. The molecule has 1 amide bonds. The molecule has 0 bridgehead atoms. The van der Waals surface area contributed by atoms with E-state index in [2.05, 4.69) is 34.2 Å². The van der Waals surface area contributed by atoms with Gasteiger partial charge >= 0.3 is 0 Å². The smallest absolute Gasteiger partial charge is 0.254 e. The predicted molar refractivity (Wildman–Crippen MR) is 120 cm³/mol. The number of fused-ring (bicyclic) bond motifs is 3. The Morgan fingerprint density at radius 3 is 2.77 bits per heavy atom. The second kappa shape index (κ2) is 7.34. The number of anilines is 1. The van der Waals surface area contributed by atoms with Crippen molar-refractivity contribution in [2.45, 2.75) is 12.5 Å². The number of aromatic amines is 1. The molecule has 1 unspecified atom stereocenters. The second-order valence-electron chi connectivity index (χ2n) is 7.95. The van der Waals surface area contributed by atoms with E-state index in [0.29, 0.717) is 12.1 Å². The normalized spacial score (nSPS) is 15.8. The number of carbonyl (C=O) groups is 1. The molecule has 5 nitrogen and oxygen atoms in total. The molecule has 150 valence electrons. The maximum absolute atomic E-state index is 13.7. The number of hydrogen-bond acceptors (Lipinski definition) is 3. The topological polar surface area (TPSA) is 52.2 Å². The SMILES string of the molecule is CN(C)c1cccc(C(=O)N2CCc3c([nH]c4ccccc34)C2c2cccnc2)c1. The van der Waals surface area contributed by atoms with Crippen molar-refractivity contribution < 1.29 is 4.79 Å². The number of amides is 1. The van der Waals surface area contributed by atoms with Crippen molar-refractivity contribution in [2.24, 2.45) is 0 Å². The Bertz CT molecular complexity index is 1210. The van der Waals surface area contributed by atoms with E-state index in [1.807, 2.05) is 66.5 Å². The molecule has 2 aromatic carbocycles. The standard InChI is InChI=1S/C25H24N4O/c1-28(2)19-9-5-7-17(15-19)25(30)29-14-12-21-20-10-3-4-11-22(20)27-23(21)24(29)18-8-6-13-26-16-18/h3-11,13,15-16,24,27H,12,14H2,1-2H3. The molecule has 0 fully saturated rings. The molecule has 5 heteroatoms. The van der Waals surface area contributed by atoms with Crippen LogP contribution in [-0.4, -0.2) is 41.4 Å². The highest BCUT2D eigenvalue weighted by molar-refractivity contribution is 5.96. The fraction of sp³-hybridized carbons (Fsp3) is 0.200. The van der Waals surface area contributed by atoms with E-state index in [1.165, 1.54) is 10.9 Å². The molecule has 3 heterocycles. The van der Waals surface area contributed by atoms with Crippen molar-refractivity contribution >= 4 is 22.5 Å². The maximum Gasteiger partial charge on any atom is 0.254 e. The summed E-state index contributed by atoms with van der Waals surface area (Å²) < 4.78 is 0. The third-order valence-electron chi connectivity index (χ3n) is 5.90. The third-order valence-corrected chi connectivity index (χ3v) is 5.90. The van der Waals surface area contributed by atoms with E-state index >= 15 is 0 Å². The van der Waals surface area contributed by atoms with Crippen LogP contribution in [0.4, 0.5) is 5.69 Å². The maximum atomic E-state index is 13.7. The van der Waals surface area contributed by atoms with Gasteiger partial charge in [0.05, 0.1) is 6.04 Å². The second-order valence-corrected chi connectivity index (χ2v) is 7.95.